The van der Waals surface area contributed by atoms with Crippen LogP contribution in [0.25, 0.3) is 0 Å². The van der Waals surface area contributed by atoms with Gasteiger partial charge in [-0.15, -0.1) is 0 Å². The molecule has 0 aromatic carbocycles. The Hall–Kier alpha value is -0.160. The Morgan fingerprint density at radius 1 is 0.714 bits per heavy atom. The second-order valence-electron chi connectivity index (χ2n) is 5.47. The molecule has 0 amide bonds. The lowest BCUT2D eigenvalue weighted by atomic mass is 10.3. The molecular formula is C17H39N3O. The van der Waals surface area contributed by atoms with Crippen molar-refractivity contribution in [2.24, 2.45) is 0 Å². The number of nitrogens with zero attached hydrogens (tertiary/aromatic N) is 2. The molecule has 0 saturated carbocycles. The average Bonchev–Trinajstić information content (AvgIpc) is 2.52. The zero-order chi connectivity index (χ0) is 15.8. The molecule has 0 saturated heterocycles. The molecule has 0 unspecified atom stereocenters. The summed E-state index contributed by atoms with van der Waals surface area (Å²) in [7, 11) is 0. The van der Waals surface area contributed by atoms with Gasteiger partial charge in [-0.3, -0.25) is 0 Å². The standard InChI is InChI=1S/C17H39N3O/c1-5-19(6-2)14-11-15-20(7-3)16-13-18-12-9-10-17-21-8-4/h18H,5-17H2,1-4H3. The molecule has 0 aliphatic heterocycles. The Morgan fingerprint density at radius 3 is 2.00 bits per heavy atom. The van der Waals surface area contributed by atoms with Crippen molar-refractivity contribution >= 4 is 0 Å². The van der Waals surface area contributed by atoms with Crippen LogP contribution in [0.15, 0.2) is 0 Å². The fourth-order valence-corrected chi connectivity index (χ4v) is 2.45. The van der Waals surface area contributed by atoms with E-state index < -0.39 is 0 Å². The van der Waals surface area contributed by atoms with Crippen LogP contribution in [0.4, 0.5) is 0 Å². The first-order chi connectivity index (χ1) is 10.3. The van der Waals surface area contributed by atoms with Gasteiger partial charge in [0.2, 0.25) is 0 Å². The number of likely N-dealkylation sites (N-methyl/N-ethyl adjacent to an activating group) is 1. The van der Waals surface area contributed by atoms with Gasteiger partial charge in [-0.1, -0.05) is 20.8 Å². The van der Waals surface area contributed by atoms with Gasteiger partial charge in [0.05, 0.1) is 0 Å². The molecule has 4 nitrogen and oxygen atoms in total. The molecule has 128 valence electrons. The van der Waals surface area contributed by atoms with Gasteiger partial charge in [0.1, 0.15) is 0 Å². The van der Waals surface area contributed by atoms with Crippen molar-refractivity contribution in [2.75, 3.05) is 65.6 Å². The van der Waals surface area contributed by atoms with Crippen molar-refractivity contribution in [3.8, 4) is 0 Å². The predicted molar refractivity (Wildman–Crippen MR) is 93.1 cm³/mol. The molecule has 0 bridgehead atoms. The van der Waals surface area contributed by atoms with Crippen molar-refractivity contribution in [1.29, 1.82) is 0 Å². The summed E-state index contributed by atoms with van der Waals surface area (Å²) >= 11 is 0. The third-order valence-electron chi connectivity index (χ3n) is 3.99. The predicted octanol–water partition coefficient (Wildman–Crippen LogP) is 2.45. The van der Waals surface area contributed by atoms with Gasteiger partial charge in [-0.2, -0.15) is 0 Å². The molecule has 0 aliphatic rings. The van der Waals surface area contributed by atoms with E-state index in [4.69, 9.17) is 4.74 Å². The monoisotopic (exact) mass is 301 g/mol. The Balaban J connectivity index is 3.44. The van der Waals surface area contributed by atoms with Crippen LogP contribution in [0.3, 0.4) is 0 Å². The molecule has 0 rings (SSSR count). The SMILES string of the molecule is CCOCCCCNCCN(CC)CCCN(CC)CC. The first-order valence-electron chi connectivity index (χ1n) is 9.01. The van der Waals surface area contributed by atoms with Crippen LogP contribution < -0.4 is 5.32 Å². The van der Waals surface area contributed by atoms with Crippen LogP contribution in [-0.2, 0) is 4.74 Å². The van der Waals surface area contributed by atoms with E-state index in [0.717, 1.165) is 32.8 Å². The highest BCUT2D eigenvalue weighted by Gasteiger charge is 2.03. The molecule has 4 heteroatoms. The fourth-order valence-electron chi connectivity index (χ4n) is 2.45. The van der Waals surface area contributed by atoms with E-state index in [1.165, 1.54) is 52.0 Å². The zero-order valence-corrected chi connectivity index (χ0v) is 15.0. The van der Waals surface area contributed by atoms with E-state index >= 15 is 0 Å². The van der Waals surface area contributed by atoms with Crippen molar-refractivity contribution in [3.63, 3.8) is 0 Å². The second-order valence-corrected chi connectivity index (χ2v) is 5.47. The highest BCUT2D eigenvalue weighted by Crippen LogP contribution is 1.95. The van der Waals surface area contributed by atoms with Gasteiger partial charge in [0.15, 0.2) is 0 Å². The summed E-state index contributed by atoms with van der Waals surface area (Å²) in [6.07, 6.45) is 3.67. The lowest BCUT2D eigenvalue weighted by Gasteiger charge is -2.23. The maximum atomic E-state index is 5.34. The Morgan fingerprint density at radius 2 is 1.38 bits per heavy atom. The van der Waals surface area contributed by atoms with Crippen molar-refractivity contribution in [1.82, 2.24) is 15.1 Å². The first-order valence-corrected chi connectivity index (χ1v) is 9.01. The topological polar surface area (TPSA) is 27.7 Å². The van der Waals surface area contributed by atoms with Gasteiger partial charge >= 0.3 is 0 Å². The highest BCUT2D eigenvalue weighted by atomic mass is 16.5. The van der Waals surface area contributed by atoms with Crippen LogP contribution in [-0.4, -0.2) is 75.4 Å². The molecule has 0 heterocycles. The van der Waals surface area contributed by atoms with Gasteiger partial charge in [0, 0.05) is 26.3 Å². The number of nitrogens with one attached hydrogen (secondary N) is 1. The van der Waals surface area contributed by atoms with Gasteiger partial charge < -0.3 is 19.9 Å². The minimum atomic E-state index is 0.840. The van der Waals surface area contributed by atoms with E-state index in [9.17, 15) is 0 Å². The lowest BCUT2D eigenvalue weighted by Crippen LogP contribution is -2.35. The summed E-state index contributed by atoms with van der Waals surface area (Å²) < 4.78 is 5.34. The molecule has 0 radical (unpaired) electrons. The van der Waals surface area contributed by atoms with Crippen molar-refractivity contribution in [3.05, 3.63) is 0 Å². The summed E-state index contributed by atoms with van der Waals surface area (Å²) in [5.74, 6) is 0. The third kappa shape index (κ3) is 13.2. The van der Waals surface area contributed by atoms with Crippen molar-refractivity contribution in [2.45, 2.75) is 47.0 Å². The molecule has 0 spiro atoms. The number of hydrogen-bond donors (Lipinski definition) is 1. The van der Waals surface area contributed by atoms with Gasteiger partial charge in [0.25, 0.3) is 0 Å². The Kier molecular flexibility index (Phi) is 16.1. The van der Waals surface area contributed by atoms with Crippen molar-refractivity contribution < 1.29 is 4.74 Å². The normalized spacial score (nSPS) is 11.7. The van der Waals surface area contributed by atoms with Gasteiger partial charge in [-0.05, 0) is 65.5 Å². The molecule has 0 atom stereocenters. The number of hydrogen-bond acceptors (Lipinski definition) is 4. The third-order valence-corrected chi connectivity index (χ3v) is 3.99. The van der Waals surface area contributed by atoms with Crippen LogP contribution in [0.5, 0.6) is 0 Å². The maximum absolute atomic E-state index is 5.34. The second kappa shape index (κ2) is 16.2. The average molecular weight is 302 g/mol. The number of unbranched alkanes of at least 4 members (excludes halogenated alkanes) is 1. The Labute approximate surface area is 133 Å². The smallest absolute Gasteiger partial charge is 0.0466 e. The van der Waals surface area contributed by atoms with E-state index in [2.05, 4.69) is 42.8 Å². The summed E-state index contributed by atoms with van der Waals surface area (Å²) in [6, 6.07) is 0. The van der Waals surface area contributed by atoms with E-state index in [-0.39, 0.29) is 0 Å². The molecular weight excluding hydrogens is 262 g/mol. The first kappa shape index (κ1) is 20.8. The zero-order valence-electron chi connectivity index (χ0n) is 15.0. The molecule has 21 heavy (non-hydrogen) atoms. The largest absolute Gasteiger partial charge is 0.382 e. The van der Waals surface area contributed by atoms with Gasteiger partial charge in [-0.25, -0.2) is 0 Å². The fraction of sp³-hybridized carbons (Fsp3) is 1.00. The van der Waals surface area contributed by atoms with E-state index in [1.54, 1.807) is 0 Å². The van der Waals surface area contributed by atoms with E-state index in [0.29, 0.717) is 0 Å². The Bertz CT molecular complexity index is 198. The van der Waals surface area contributed by atoms with Crippen LogP contribution in [0, 0.1) is 0 Å². The van der Waals surface area contributed by atoms with Crippen LogP contribution >= 0.6 is 0 Å². The molecule has 1 N–H and O–H groups in total. The van der Waals surface area contributed by atoms with Crippen LogP contribution in [0.1, 0.15) is 47.0 Å². The van der Waals surface area contributed by atoms with E-state index in [1.807, 2.05) is 0 Å². The quantitative estimate of drug-likeness (QED) is 0.443. The maximum Gasteiger partial charge on any atom is 0.0466 e. The molecule has 0 aromatic rings. The minimum Gasteiger partial charge on any atom is -0.382 e. The summed E-state index contributed by atoms with van der Waals surface area (Å²) in [4.78, 5) is 5.06. The number of ether oxygens (including phenoxy) is 1. The highest BCUT2D eigenvalue weighted by molar-refractivity contribution is 4.61. The number of rotatable bonds is 16. The molecule has 0 aliphatic carbocycles. The minimum absolute atomic E-state index is 0.840. The molecule has 0 fully saturated rings. The summed E-state index contributed by atoms with van der Waals surface area (Å²) in [6.45, 7) is 19.9. The summed E-state index contributed by atoms with van der Waals surface area (Å²) in [5, 5.41) is 3.54. The molecule has 0 aromatic heterocycles. The van der Waals surface area contributed by atoms with Crippen LogP contribution in [0.2, 0.25) is 0 Å². The summed E-state index contributed by atoms with van der Waals surface area (Å²) in [5.41, 5.74) is 0. The lowest BCUT2D eigenvalue weighted by molar-refractivity contribution is 0.143.